The van der Waals surface area contributed by atoms with Crippen LogP contribution in [0.4, 0.5) is 10.5 Å². The summed E-state index contributed by atoms with van der Waals surface area (Å²) in [6, 6.07) is 16.7. The van der Waals surface area contributed by atoms with Gasteiger partial charge in [0.05, 0.1) is 10.6 Å². The summed E-state index contributed by atoms with van der Waals surface area (Å²) in [6.07, 6.45) is 1.53. The molecule has 5 nitrogen and oxygen atoms in total. The summed E-state index contributed by atoms with van der Waals surface area (Å²) in [4.78, 5) is 26.2. The molecule has 2 aromatic carbocycles. The first kappa shape index (κ1) is 17.5. The van der Waals surface area contributed by atoms with Gasteiger partial charge in [0.1, 0.15) is 17.3 Å². The van der Waals surface area contributed by atoms with E-state index in [0.717, 1.165) is 22.2 Å². The quantitative estimate of drug-likeness (QED) is 0.587. The second-order valence-corrected chi connectivity index (χ2v) is 7.18. The van der Waals surface area contributed by atoms with Crippen molar-refractivity contribution in [3.63, 3.8) is 0 Å². The van der Waals surface area contributed by atoms with Crippen LogP contribution < -0.4 is 4.90 Å². The molecule has 0 saturated carbocycles. The standard InChI is InChI=1S/C20H12ClNO4S/c21-13-4-1-3-12(9-13)17-8-7-16(26-17)11-18-19(24)22(20(25)27-18)14-5-2-6-15(23)10-14/h1-11,23H. The average molecular weight is 398 g/mol. The van der Waals surface area contributed by atoms with Crippen LogP contribution >= 0.6 is 23.4 Å². The number of halogens is 1. The third-order valence-corrected chi connectivity index (χ3v) is 5.00. The molecule has 4 rings (SSSR count). The maximum atomic E-state index is 12.6. The van der Waals surface area contributed by atoms with Gasteiger partial charge in [0.25, 0.3) is 11.1 Å². The lowest BCUT2D eigenvalue weighted by Gasteiger charge is -2.12. The number of amides is 2. The molecule has 2 amide bonds. The Kier molecular flexibility index (Phi) is 4.51. The summed E-state index contributed by atoms with van der Waals surface area (Å²) < 4.78 is 5.76. The highest BCUT2D eigenvalue weighted by atomic mass is 35.5. The molecule has 1 saturated heterocycles. The second kappa shape index (κ2) is 6.98. The van der Waals surface area contributed by atoms with Crippen LogP contribution in [0.25, 0.3) is 17.4 Å². The van der Waals surface area contributed by atoms with Gasteiger partial charge < -0.3 is 9.52 Å². The molecular formula is C20H12ClNO4S. The Hall–Kier alpha value is -2.96. The summed E-state index contributed by atoms with van der Waals surface area (Å²) in [6.45, 7) is 0. The smallest absolute Gasteiger partial charge is 0.298 e. The number of furan rings is 1. The van der Waals surface area contributed by atoms with Crippen molar-refractivity contribution in [1.82, 2.24) is 0 Å². The van der Waals surface area contributed by atoms with E-state index in [0.29, 0.717) is 22.2 Å². The summed E-state index contributed by atoms with van der Waals surface area (Å²) in [5.74, 6) is 0.575. The second-order valence-electron chi connectivity index (χ2n) is 5.75. The highest BCUT2D eigenvalue weighted by Gasteiger charge is 2.36. The minimum atomic E-state index is -0.462. The minimum absolute atomic E-state index is 0.0206. The molecule has 134 valence electrons. The van der Waals surface area contributed by atoms with Crippen LogP contribution in [0.2, 0.25) is 5.02 Å². The number of carbonyl (C=O) groups excluding carboxylic acids is 2. The van der Waals surface area contributed by atoms with Crippen LogP contribution in [0, 0.1) is 0 Å². The fourth-order valence-electron chi connectivity index (χ4n) is 2.68. The third-order valence-electron chi connectivity index (χ3n) is 3.89. The van der Waals surface area contributed by atoms with E-state index in [1.807, 2.05) is 12.1 Å². The van der Waals surface area contributed by atoms with E-state index in [1.165, 1.54) is 18.2 Å². The number of rotatable bonds is 3. The van der Waals surface area contributed by atoms with Gasteiger partial charge in [0, 0.05) is 22.7 Å². The number of imide groups is 1. The first-order valence-corrected chi connectivity index (χ1v) is 9.13. The van der Waals surface area contributed by atoms with Crippen LogP contribution in [0.3, 0.4) is 0 Å². The Morgan fingerprint density at radius 1 is 1.04 bits per heavy atom. The Morgan fingerprint density at radius 2 is 1.85 bits per heavy atom. The Labute approximate surface area is 163 Å². The highest BCUT2D eigenvalue weighted by molar-refractivity contribution is 8.19. The number of anilines is 1. The summed E-state index contributed by atoms with van der Waals surface area (Å²) in [5.41, 5.74) is 1.13. The molecule has 1 aliphatic rings. The molecule has 0 bridgehead atoms. The van der Waals surface area contributed by atoms with Gasteiger partial charge >= 0.3 is 0 Å². The summed E-state index contributed by atoms with van der Waals surface area (Å²) in [5, 5.41) is 9.75. The SMILES string of the molecule is O=C1SC(=Cc2ccc(-c3cccc(Cl)c3)o2)C(=O)N1c1cccc(O)c1. The molecule has 1 N–H and O–H groups in total. The fourth-order valence-corrected chi connectivity index (χ4v) is 3.69. The third kappa shape index (κ3) is 3.49. The zero-order chi connectivity index (χ0) is 19.0. The maximum Gasteiger partial charge on any atom is 0.298 e. The molecule has 2 heterocycles. The van der Waals surface area contributed by atoms with Gasteiger partial charge in [-0.3, -0.25) is 9.59 Å². The molecule has 1 aliphatic heterocycles. The molecule has 27 heavy (non-hydrogen) atoms. The van der Waals surface area contributed by atoms with Gasteiger partial charge in [-0.25, -0.2) is 4.90 Å². The van der Waals surface area contributed by atoms with Crippen molar-refractivity contribution < 1.29 is 19.1 Å². The molecule has 7 heteroatoms. The monoisotopic (exact) mass is 397 g/mol. The number of benzene rings is 2. The number of hydrogen-bond acceptors (Lipinski definition) is 5. The first-order valence-electron chi connectivity index (χ1n) is 7.94. The van der Waals surface area contributed by atoms with Gasteiger partial charge in [0.15, 0.2) is 0 Å². The fraction of sp³-hybridized carbons (Fsp3) is 0. The van der Waals surface area contributed by atoms with Gasteiger partial charge in [0.2, 0.25) is 0 Å². The number of hydrogen-bond donors (Lipinski definition) is 1. The van der Waals surface area contributed by atoms with Crippen LogP contribution in [0.5, 0.6) is 5.75 Å². The predicted octanol–water partition coefficient (Wildman–Crippen LogP) is 5.55. The van der Waals surface area contributed by atoms with E-state index in [9.17, 15) is 14.7 Å². The molecule has 1 fully saturated rings. The minimum Gasteiger partial charge on any atom is -0.508 e. The molecule has 0 unspecified atom stereocenters. The maximum absolute atomic E-state index is 12.6. The Morgan fingerprint density at radius 3 is 2.63 bits per heavy atom. The van der Waals surface area contributed by atoms with Crippen molar-refractivity contribution in [2.75, 3.05) is 4.90 Å². The van der Waals surface area contributed by atoms with Crippen molar-refractivity contribution in [2.24, 2.45) is 0 Å². The lowest BCUT2D eigenvalue weighted by atomic mass is 10.2. The number of aromatic hydroxyl groups is 1. The molecule has 0 radical (unpaired) electrons. The van der Waals surface area contributed by atoms with Crippen LogP contribution in [0.15, 0.2) is 70.0 Å². The number of carbonyl (C=O) groups is 2. The largest absolute Gasteiger partial charge is 0.508 e. The number of thioether (sulfide) groups is 1. The first-order chi connectivity index (χ1) is 13.0. The van der Waals surface area contributed by atoms with Gasteiger partial charge in [-0.1, -0.05) is 29.8 Å². The lowest BCUT2D eigenvalue weighted by molar-refractivity contribution is -0.113. The molecule has 3 aromatic rings. The van der Waals surface area contributed by atoms with E-state index in [2.05, 4.69) is 0 Å². The van der Waals surface area contributed by atoms with E-state index in [-0.39, 0.29) is 10.7 Å². The van der Waals surface area contributed by atoms with Crippen LogP contribution in [-0.4, -0.2) is 16.3 Å². The zero-order valence-electron chi connectivity index (χ0n) is 13.8. The summed E-state index contributed by atoms with van der Waals surface area (Å²) in [7, 11) is 0. The van der Waals surface area contributed by atoms with Crippen molar-refractivity contribution >= 4 is 46.3 Å². The van der Waals surface area contributed by atoms with Crippen LogP contribution in [-0.2, 0) is 4.79 Å². The number of phenols is 1. The van der Waals surface area contributed by atoms with Crippen LogP contribution in [0.1, 0.15) is 5.76 Å². The van der Waals surface area contributed by atoms with E-state index < -0.39 is 11.1 Å². The Bertz CT molecular complexity index is 1090. The molecule has 1 aromatic heterocycles. The van der Waals surface area contributed by atoms with Gasteiger partial charge in [-0.2, -0.15) is 0 Å². The topological polar surface area (TPSA) is 70.8 Å². The van der Waals surface area contributed by atoms with E-state index in [4.69, 9.17) is 16.0 Å². The highest BCUT2D eigenvalue weighted by Crippen LogP contribution is 2.37. The molecule has 0 spiro atoms. The lowest BCUT2D eigenvalue weighted by Crippen LogP contribution is -2.27. The normalized spacial score (nSPS) is 15.7. The molecule has 0 atom stereocenters. The molecular weight excluding hydrogens is 386 g/mol. The van der Waals surface area contributed by atoms with Crippen molar-refractivity contribution in [3.05, 3.63) is 76.4 Å². The zero-order valence-corrected chi connectivity index (χ0v) is 15.3. The van der Waals surface area contributed by atoms with E-state index >= 15 is 0 Å². The van der Waals surface area contributed by atoms with Crippen molar-refractivity contribution in [1.29, 1.82) is 0 Å². The molecule has 0 aliphatic carbocycles. The number of nitrogens with zero attached hydrogens (tertiary/aromatic N) is 1. The van der Waals surface area contributed by atoms with Gasteiger partial charge in [-0.15, -0.1) is 0 Å². The van der Waals surface area contributed by atoms with Gasteiger partial charge in [-0.05, 0) is 48.2 Å². The van der Waals surface area contributed by atoms with E-state index in [1.54, 1.807) is 36.4 Å². The van der Waals surface area contributed by atoms with Crippen molar-refractivity contribution in [2.45, 2.75) is 0 Å². The van der Waals surface area contributed by atoms with Crippen molar-refractivity contribution in [3.8, 4) is 17.1 Å². The Balaban J connectivity index is 1.62. The summed E-state index contributed by atoms with van der Waals surface area (Å²) >= 11 is 6.82. The predicted molar refractivity (Wildman–Crippen MR) is 106 cm³/mol. The number of phenolic OH excluding ortho intramolecular Hbond substituents is 1. The average Bonchev–Trinajstić information content (AvgIpc) is 3.20.